The van der Waals surface area contributed by atoms with Crippen LogP contribution in [0.25, 0.3) is 0 Å². The van der Waals surface area contributed by atoms with Crippen molar-refractivity contribution in [3.8, 4) is 0 Å². The van der Waals surface area contributed by atoms with E-state index in [4.69, 9.17) is 0 Å². The van der Waals surface area contributed by atoms with Gasteiger partial charge < -0.3 is 10.4 Å². The Kier molecular flexibility index (Phi) is 2.84. The highest BCUT2D eigenvalue weighted by molar-refractivity contribution is 5.08. The molecule has 1 saturated heterocycles. The Morgan fingerprint density at radius 1 is 1.79 bits per heavy atom. The molecule has 78 valence electrons. The highest BCUT2D eigenvalue weighted by Crippen LogP contribution is 2.21. The van der Waals surface area contributed by atoms with Gasteiger partial charge in [-0.15, -0.1) is 0 Å². The molecule has 4 heteroatoms. The number of aliphatic hydroxyl groups is 1. The van der Waals surface area contributed by atoms with Gasteiger partial charge in [0.1, 0.15) is 0 Å². The second-order valence-corrected chi connectivity index (χ2v) is 3.99. The molecule has 0 aliphatic carbocycles. The van der Waals surface area contributed by atoms with Crippen molar-refractivity contribution in [2.75, 3.05) is 6.54 Å². The van der Waals surface area contributed by atoms with E-state index in [0.717, 1.165) is 18.5 Å². The third kappa shape index (κ3) is 2.13. The lowest BCUT2D eigenvalue weighted by Crippen LogP contribution is -2.23. The van der Waals surface area contributed by atoms with Crippen molar-refractivity contribution in [1.82, 2.24) is 15.1 Å². The molecular weight excluding hydrogens is 178 g/mol. The molecule has 0 radical (unpaired) electrons. The van der Waals surface area contributed by atoms with E-state index < -0.39 is 0 Å². The van der Waals surface area contributed by atoms with Crippen LogP contribution in [-0.2, 0) is 7.05 Å². The first-order valence-corrected chi connectivity index (χ1v) is 5.15. The van der Waals surface area contributed by atoms with E-state index in [0.29, 0.717) is 6.04 Å². The van der Waals surface area contributed by atoms with Crippen LogP contribution in [0.4, 0.5) is 0 Å². The molecule has 1 fully saturated rings. The molecular formula is C10H17N3O. The van der Waals surface area contributed by atoms with Crippen LogP contribution in [0, 0.1) is 0 Å². The summed E-state index contributed by atoms with van der Waals surface area (Å²) in [6.07, 6.45) is 6.44. The van der Waals surface area contributed by atoms with Gasteiger partial charge in [-0.3, -0.25) is 4.68 Å². The Bertz CT molecular complexity index is 291. The monoisotopic (exact) mass is 195 g/mol. The van der Waals surface area contributed by atoms with Gasteiger partial charge >= 0.3 is 0 Å². The Hall–Kier alpha value is -0.870. The molecule has 14 heavy (non-hydrogen) atoms. The topological polar surface area (TPSA) is 50.1 Å². The quantitative estimate of drug-likeness (QED) is 0.742. The molecule has 0 bridgehead atoms. The van der Waals surface area contributed by atoms with Gasteiger partial charge in [0.25, 0.3) is 0 Å². The fourth-order valence-corrected chi connectivity index (χ4v) is 1.98. The lowest BCUT2D eigenvalue weighted by molar-refractivity contribution is 0.154. The van der Waals surface area contributed by atoms with Gasteiger partial charge in [0, 0.05) is 24.8 Å². The summed E-state index contributed by atoms with van der Waals surface area (Å²) >= 11 is 0. The van der Waals surface area contributed by atoms with Crippen molar-refractivity contribution in [3.05, 3.63) is 18.0 Å². The Balaban J connectivity index is 1.91. The average molecular weight is 195 g/mol. The molecule has 0 amide bonds. The molecule has 2 atom stereocenters. The number of hydrogen-bond acceptors (Lipinski definition) is 3. The van der Waals surface area contributed by atoms with Crippen molar-refractivity contribution in [2.24, 2.45) is 7.05 Å². The van der Waals surface area contributed by atoms with Crippen molar-refractivity contribution in [3.63, 3.8) is 0 Å². The fourth-order valence-electron chi connectivity index (χ4n) is 1.98. The summed E-state index contributed by atoms with van der Waals surface area (Å²) in [4.78, 5) is 0. The van der Waals surface area contributed by atoms with E-state index in [2.05, 4.69) is 10.4 Å². The predicted molar refractivity (Wildman–Crippen MR) is 53.8 cm³/mol. The summed E-state index contributed by atoms with van der Waals surface area (Å²) in [6, 6.07) is 0.477. The summed E-state index contributed by atoms with van der Waals surface area (Å²) in [5.74, 6) is 0. The van der Waals surface area contributed by atoms with Crippen LogP contribution < -0.4 is 5.32 Å². The second-order valence-electron chi connectivity index (χ2n) is 3.99. The molecule has 2 N–H and O–H groups in total. The van der Waals surface area contributed by atoms with Gasteiger partial charge in [-0.1, -0.05) is 0 Å². The SMILES string of the molecule is Cn1cc([C@H](O)C[C@H]2CCCN2)cn1. The summed E-state index contributed by atoms with van der Waals surface area (Å²) in [6.45, 7) is 1.09. The van der Waals surface area contributed by atoms with Gasteiger partial charge in [0.15, 0.2) is 0 Å². The molecule has 0 spiro atoms. The van der Waals surface area contributed by atoms with Crippen molar-refractivity contribution < 1.29 is 5.11 Å². The van der Waals surface area contributed by atoms with Crippen LogP contribution in [0.3, 0.4) is 0 Å². The number of aryl methyl sites for hydroxylation is 1. The molecule has 1 aromatic heterocycles. The van der Waals surface area contributed by atoms with Gasteiger partial charge in [-0.05, 0) is 25.8 Å². The first-order valence-electron chi connectivity index (χ1n) is 5.15. The number of aliphatic hydroxyl groups excluding tert-OH is 1. The molecule has 1 aromatic rings. The standard InChI is InChI=1S/C10H17N3O/c1-13-7-8(6-12-13)10(14)5-9-3-2-4-11-9/h6-7,9-11,14H,2-5H2,1H3/t9-,10-/m1/s1. The highest BCUT2D eigenvalue weighted by atomic mass is 16.3. The minimum absolute atomic E-state index is 0.376. The van der Waals surface area contributed by atoms with Crippen molar-refractivity contribution >= 4 is 0 Å². The maximum absolute atomic E-state index is 9.90. The molecule has 2 heterocycles. The zero-order valence-electron chi connectivity index (χ0n) is 8.48. The van der Waals surface area contributed by atoms with Gasteiger partial charge in [0.05, 0.1) is 12.3 Å². The smallest absolute Gasteiger partial charge is 0.0835 e. The van der Waals surface area contributed by atoms with Crippen molar-refractivity contribution in [2.45, 2.75) is 31.4 Å². The molecule has 1 aliphatic heterocycles. The van der Waals surface area contributed by atoms with E-state index in [1.807, 2.05) is 13.2 Å². The van der Waals surface area contributed by atoms with Crippen molar-refractivity contribution in [1.29, 1.82) is 0 Å². The highest BCUT2D eigenvalue weighted by Gasteiger charge is 2.19. The van der Waals surface area contributed by atoms with Gasteiger partial charge in [-0.2, -0.15) is 5.10 Å². The first kappa shape index (κ1) is 9.68. The molecule has 0 aromatic carbocycles. The Labute approximate surface area is 83.9 Å². The molecule has 0 saturated carbocycles. The number of nitrogens with zero attached hydrogens (tertiary/aromatic N) is 2. The maximum Gasteiger partial charge on any atom is 0.0835 e. The number of hydrogen-bond donors (Lipinski definition) is 2. The van der Waals surface area contributed by atoms with Crippen LogP contribution in [0.5, 0.6) is 0 Å². The second kappa shape index (κ2) is 4.11. The molecule has 4 nitrogen and oxygen atoms in total. The van der Waals surface area contributed by atoms with Crippen LogP contribution in [0.15, 0.2) is 12.4 Å². The van der Waals surface area contributed by atoms with E-state index in [9.17, 15) is 5.11 Å². The summed E-state index contributed by atoms with van der Waals surface area (Å²) in [7, 11) is 1.87. The zero-order chi connectivity index (χ0) is 9.97. The first-order chi connectivity index (χ1) is 6.75. The third-order valence-corrected chi connectivity index (χ3v) is 2.78. The maximum atomic E-state index is 9.90. The number of aromatic nitrogens is 2. The largest absolute Gasteiger partial charge is 0.388 e. The van der Waals surface area contributed by atoms with E-state index in [1.165, 1.54) is 12.8 Å². The van der Waals surface area contributed by atoms with Gasteiger partial charge in [0.2, 0.25) is 0 Å². The van der Waals surface area contributed by atoms with E-state index in [1.54, 1.807) is 10.9 Å². The van der Waals surface area contributed by atoms with E-state index in [-0.39, 0.29) is 6.10 Å². The third-order valence-electron chi connectivity index (χ3n) is 2.78. The molecule has 1 aliphatic rings. The Morgan fingerprint density at radius 2 is 2.64 bits per heavy atom. The van der Waals surface area contributed by atoms with Crippen LogP contribution in [0.1, 0.15) is 30.9 Å². The van der Waals surface area contributed by atoms with E-state index >= 15 is 0 Å². The number of nitrogens with one attached hydrogen (secondary N) is 1. The normalized spacial score (nSPS) is 24.0. The summed E-state index contributed by atoms with van der Waals surface area (Å²) in [5, 5.41) is 17.3. The summed E-state index contributed by atoms with van der Waals surface area (Å²) in [5.41, 5.74) is 0.918. The lowest BCUT2D eigenvalue weighted by Gasteiger charge is -2.14. The zero-order valence-corrected chi connectivity index (χ0v) is 8.48. The minimum atomic E-state index is -0.376. The van der Waals surface area contributed by atoms with Crippen LogP contribution >= 0.6 is 0 Å². The average Bonchev–Trinajstić information content (AvgIpc) is 2.75. The van der Waals surface area contributed by atoms with Gasteiger partial charge in [-0.25, -0.2) is 0 Å². The summed E-state index contributed by atoms with van der Waals surface area (Å²) < 4.78 is 1.72. The predicted octanol–water partition coefficient (Wildman–Crippen LogP) is 0.596. The molecule has 0 unspecified atom stereocenters. The van der Waals surface area contributed by atoms with Crippen LogP contribution in [-0.4, -0.2) is 27.5 Å². The van der Waals surface area contributed by atoms with Crippen LogP contribution in [0.2, 0.25) is 0 Å². The lowest BCUT2D eigenvalue weighted by atomic mass is 10.0. The fraction of sp³-hybridized carbons (Fsp3) is 0.700. The number of rotatable bonds is 3. The Morgan fingerprint density at radius 3 is 3.21 bits per heavy atom. The minimum Gasteiger partial charge on any atom is -0.388 e. The molecule has 2 rings (SSSR count).